The van der Waals surface area contributed by atoms with Crippen LogP contribution in [0.5, 0.6) is 0 Å². The van der Waals surface area contributed by atoms with Gasteiger partial charge in [0.05, 0.1) is 0 Å². The molecule has 1 rings (SSSR count). The van der Waals surface area contributed by atoms with Gasteiger partial charge in [0.2, 0.25) is 0 Å². The van der Waals surface area contributed by atoms with E-state index in [0.717, 1.165) is 5.56 Å². The fraction of sp³-hybridized carbons (Fsp3) is 0.333. The summed E-state index contributed by atoms with van der Waals surface area (Å²) in [4.78, 5) is 25.8. The van der Waals surface area contributed by atoms with Crippen molar-refractivity contribution in [2.45, 2.75) is 19.4 Å². The first kappa shape index (κ1) is 14.9. The summed E-state index contributed by atoms with van der Waals surface area (Å²) in [7, 11) is 0. The largest absolute Gasteiger partial charge is 0.479 e. The number of hydroxylamine groups is 1. The first-order chi connectivity index (χ1) is 8.97. The van der Waals surface area contributed by atoms with Gasteiger partial charge in [-0.1, -0.05) is 12.1 Å². The van der Waals surface area contributed by atoms with Crippen LogP contribution < -0.4 is 10.8 Å². The van der Waals surface area contributed by atoms with Gasteiger partial charge in [-0.05, 0) is 31.0 Å². The van der Waals surface area contributed by atoms with E-state index in [1.165, 1.54) is 12.1 Å². The number of benzene rings is 1. The SMILES string of the molecule is CC(Cc1ccc(F)cc1)NC(=O)NOCC(=O)O. The molecule has 0 fully saturated rings. The van der Waals surface area contributed by atoms with Crippen LogP contribution in [0, 0.1) is 5.82 Å². The van der Waals surface area contributed by atoms with E-state index in [4.69, 9.17) is 5.11 Å². The first-order valence-corrected chi connectivity index (χ1v) is 5.62. The van der Waals surface area contributed by atoms with Crippen LogP contribution in [0.4, 0.5) is 9.18 Å². The van der Waals surface area contributed by atoms with Crippen molar-refractivity contribution in [2.24, 2.45) is 0 Å². The van der Waals surface area contributed by atoms with Crippen LogP contribution in [0.3, 0.4) is 0 Å². The monoisotopic (exact) mass is 270 g/mol. The molecule has 0 aliphatic rings. The number of carboxylic acids is 1. The second-order valence-corrected chi connectivity index (χ2v) is 3.99. The number of amides is 2. The second kappa shape index (κ2) is 7.32. The van der Waals surface area contributed by atoms with E-state index in [9.17, 15) is 14.0 Å². The Balaban J connectivity index is 2.30. The van der Waals surface area contributed by atoms with Crippen LogP contribution in [0.2, 0.25) is 0 Å². The Morgan fingerprint density at radius 2 is 2.00 bits per heavy atom. The summed E-state index contributed by atoms with van der Waals surface area (Å²) in [5.74, 6) is -1.50. The number of hydrogen-bond acceptors (Lipinski definition) is 3. The quantitative estimate of drug-likeness (QED) is 0.675. The maximum atomic E-state index is 12.7. The van der Waals surface area contributed by atoms with Gasteiger partial charge in [0, 0.05) is 6.04 Å². The highest BCUT2D eigenvalue weighted by molar-refractivity contribution is 5.73. The summed E-state index contributed by atoms with van der Waals surface area (Å²) in [6.45, 7) is 1.15. The van der Waals surface area contributed by atoms with Gasteiger partial charge in [-0.3, -0.25) is 4.84 Å². The maximum Gasteiger partial charge on any atom is 0.338 e. The predicted octanol–water partition coefficient (Wildman–Crippen LogP) is 1.07. The van der Waals surface area contributed by atoms with Gasteiger partial charge < -0.3 is 10.4 Å². The molecule has 6 nitrogen and oxygen atoms in total. The molecule has 1 aromatic rings. The van der Waals surface area contributed by atoms with Crippen molar-refractivity contribution in [3.63, 3.8) is 0 Å². The van der Waals surface area contributed by atoms with Gasteiger partial charge in [-0.2, -0.15) is 0 Å². The molecule has 3 N–H and O–H groups in total. The van der Waals surface area contributed by atoms with E-state index in [2.05, 4.69) is 10.2 Å². The van der Waals surface area contributed by atoms with E-state index in [0.29, 0.717) is 6.42 Å². The molecule has 0 aliphatic carbocycles. The molecule has 1 aromatic carbocycles. The van der Waals surface area contributed by atoms with E-state index in [1.54, 1.807) is 19.1 Å². The number of carbonyl (C=O) groups excluding carboxylic acids is 1. The van der Waals surface area contributed by atoms with Gasteiger partial charge in [0.1, 0.15) is 5.82 Å². The number of aliphatic carboxylic acids is 1. The van der Waals surface area contributed by atoms with Crippen molar-refractivity contribution in [3.8, 4) is 0 Å². The third-order valence-corrected chi connectivity index (χ3v) is 2.19. The molecule has 19 heavy (non-hydrogen) atoms. The predicted molar refractivity (Wildman–Crippen MR) is 64.8 cm³/mol. The molecule has 0 radical (unpaired) electrons. The Labute approximate surface area is 109 Å². The molecular formula is C12H15FN2O4. The standard InChI is InChI=1S/C12H15FN2O4/c1-8(6-9-2-4-10(13)5-3-9)14-12(18)15-19-7-11(16)17/h2-5,8H,6-7H2,1H3,(H,16,17)(H2,14,15,18). The third-order valence-electron chi connectivity index (χ3n) is 2.19. The molecule has 2 amide bonds. The van der Waals surface area contributed by atoms with Crippen molar-refractivity contribution in [1.82, 2.24) is 10.8 Å². The molecular weight excluding hydrogens is 255 g/mol. The molecule has 0 aromatic heterocycles. The van der Waals surface area contributed by atoms with Crippen LogP contribution in [0.15, 0.2) is 24.3 Å². The molecule has 0 aliphatic heterocycles. The minimum absolute atomic E-state index is 0.209. The van der Waals surface area contributed by atoms with Gasteiger partial charge in [0.15, 0.2) is 6.61 Å². The molecule has 1 atom stereocenters. The smallest absolute Gasteiger partial charge is 0.338 e. The normalized spacial score (nSPS) is 11.7. The molecule has 0 heterocycles. The van der Waals surface area contributed by atoms with Gasteiger partial charge in [-0.15, -0.1) is 0 Å². The summed E-state index contributed by atoms with van der Waals surface area (Å²) in [5, 5.41) is 10.9. The summed E-state index contributed by atoms with van der Waals surface area (Å²) >= 11 is 0. The van der Waals surface area contributed by atoms with Gasteiger partial charge in [-0.25, -0.2) is 19.5 Å². The summed E-state index contributed by atoms with van der Waals surface area (Å²) < 4.78 is 12.7. The van der Waals surface area contributed by atoms with Crippen LogP contribution in [-0.4, -0.2) is 29.8 Å². The highest BCUT2D eigenvalue weighted by Gasteiger charge is 2.08. The summed E-state index contributed by atoms with van der Waals surface area (Å²) in [6.07, 6.45) is 0.520. The number of halogens is 1. The van der Waals surface area contributed by atoms with Crippen molar-refractivity contribution in [2.75, 3.05) is 6.61 Å². The Morgan fingerprint density at radius 1 is 1.37 bits per heavy atom. The number of urea groups is 1. The molecule has 7 heteroatoms. The van der Waals surface area contributed by atoms with E-state index in [-0.39, 0.29) is 11.9 Å². The number of carbonyl (C=O) groups is 2. The van der Waals surface area contributed by atoms with E-state index < -0.39 is 18.6 Å². The molecule has 0 spiro atoms. The molecule has 0 saturated heterocycles. The zero-order valence-electron chi connectivity index (χ0n) is 10.4. The fourth-order valence-corrected chi connectivity index (χ4v) is 1.44. The lowest BCUT2D eigenvalue weighted by molar-refractivity contribution is -0.144. The first-order valence-electron chi connectivity index (χ1n) is 5.62. The molecule has 1 unspecified atom stereocenters. The van der Waals surface area contributed by atoms with Crippen molar-refractivity contribution < 1.29 is 23.9 Å². The number of carboxylic acid groups (broad SMARTS) is 1. The Hall–Kier alpha value is -2.15. The van der Waals surface area contributed by atoms with Gasteiger partial charge in [0.25, 0.3) is 0 Å². The molecule has 104 valence electrons. The Kier molecular flexibility index (Phi) is 5.74. The van der Waals surface area contributed by atoms with Crippen molar-refractivity contribution in [1.29, 1.82) is 0 Å². The fourth-order valence-electron chi connectivity index (χ4n) is 1.44. The number of rotatable bonds is 6. The topological polar surface area (TPSA) is 87.7 Å². The minimum Gasteiger partial charge on any atom is -0.479 e. The highest BCUT2D eigenvalue weighted by Crippen LogP contribution is 2.05. The summed E-state index contributed by atoms with van der Waals surface area (Å²) in [6, 6.07) is 5.12. The zero-order valence-corrected chi connectivity index (χ0v) is 10.4. The molecule has 0 saturated carbocycles. The summed E-state index contributed by atoms with van der Waals surface area (Å²) in [5.41, 5.74) is 2.82. The van der Waals surface area contributed by atoms with Crippen molar-refractivity contribution >= 4 is 12.0 Å². The maximum absolute atomic E-state index is 12.7. The lowest BCUT2D eigenvalue weighted by Crippen LogP contribution is -2.42. The van der Waals surface area contributed by atoms with Crippen LogP contribution in [0.25, 0.3) is 0 Å². The lowest BCUT2D eigenvalue weighted by Gasteiger charge is -2.14. The lowest BCUT2D eigenvalue weighted by atomic mass is 10.1. The van der Waals surface area contributed by atoms with E-state index >= 15 is 0 Å². The third kappa shape index (κ3) is 6.37. The van der Waals surface area contributed by atoms with E-state index in [1.807, 2.05) is 5.48 Å². The number of nitrogens with one attached hydrogen (secondary N) is 2. The average molecular weight is 270 g/mol. The average Bonchev–Trinajstić information content (AvgIpc) is 2.31. The van der Waals surface area contributed by atoms with Crippen molar-refractivity contribution in [3.05, 3.63) is 35.6 Å². The number of hydrogen-bond donors (Lipinski definition) is 3. The second-order valence-electron chi connectivity index (χ2n) is 3.99. The zero-order chi connectivity index (χ0) is 14.3. The van der Waals surface area contributed by atoms with Gasteiger partial charge >= 0.3 is 12.0 Å². The van der Waals surface area contributed by atoms with Crippen LogP contribution in [-0.2, 0) is 16.1 Å². The Morgan fingerprint density at radius 3 is 2.58 bits per heavy atom. The van der Waals surface area contributed by atoms with Crippen LogP contribution >= 0.6 is 0 Å². The minimum atomic E-state index is -1.18. The van der Waals surface area contributed by atoms with Crippen LogP contribution in [0.1, 0.15) is 12.5 Å². The Bertz CT molecular complexity index is 436. The highest BCUT2D eigenvalue weighted by atomic mass is 19.1. The molecule has 0 bridgehead atoms.